The van der Waals surface area contributed by atoms with Gasteiger partial charge in [0.15, 0.2) is 0 Å². The van der Waals surface area contributed by atoms with Crippen LogP contribution in [0.5, 0.6) is 5.75 Å². The SMILES string of the molecule is C=CC(=O)OC(O)CCOc1ccccc1. The number of aliphatic hydroxyl groups excluding tert-OH is 1. The molecule has 1 aromatic rings. The highest BCUT2D eigenvalue weighted by Crippen LogP contribution is 2.09. The standard InChI is InChI=1S/C12H14O4/c1-2-11(13)16-12(14)8-9-15-10-6-4-3-5-7-10/h2-7,12,14H,1,8-9H2. The average molecular weight is 222 g/mol. The fourth-order valence-electron chi connectivity index (χ4n) is 1.04. The predicted molar refractivity (Wildman–Crippen MR) is 58.8 cm³/mol. The molecule has 0 aliphatic carbocycles. The van der Waals surface area contributed by atoms with Gasteiger partial charge in [0.05, 0.1) is 6.61 Å². The highest BCUT2D eigenvalue weighted by atomic mass is 16.6. The maximum absolute atomic E-state index is 10.7. The van der Waals surface area contributed by atoms with Gasteiger partial charge in [0.2, 0.25) is 6.29 Å². The lowest BCUT2D eigenvalue weighted by Gasteiger charge is -2.11. The summed E-state index contributed by atoms with van der Waals surface area (Å²) >= 11 is 0. The maximum Gasteiger partial charge on any atom is 0.332 e. The van der Waals surface area contributed by atoms with Gasteiger partial charge < -0.3 is 14.6 Å². The molecule has 0 radical (unpaired) electrons. The number of hydrogen-bond acceptors (Lipinski definition) is 4. The third kappa shape index (κ3) is 4.61. The number of benzene rings is 1. The van der Waals surface area contributed by atoms with Crippen LogP contribution in [-0.2, 0) is 9.53 Å². The minimum atomic E-state index is -1.16. The molecule has 0 amide bonds. The molecule has 0 saturated heterocycles. The van der Waals surface area contributed by atoms with Gasteiger partial charge in [-0.25, -0.2) is 4.79 Å². The Bertz CT molecular complexity index is 334. The summed E-state index contributed by atoms with van der Waals surface area (Å²) in [5.41, 5.74) is 0. The third-order valence-corrected chi connectivity index (χ3v) is 1.80. The van der Waals surface area contributed by atoms with E-state index in [1.165, 1.54) is 0 Å². The second kappa shape index (κ2) is 6.63. The molecule has 1 N–H and O–H groups in total. The Balaban J connectivity index is 2.20. The lowest BCUT2D eigenvalue weighted by Crippen LogP contribution is -2.18. The second-order valence-electron chi connectivity index (χ2n) is 3.05. The van der Waals surface area contributed by atoms with Crippen LogP contribution in [0.25, 0.3) is 0 Å². The first-order valence-electron chi connectivity index (χ1n) is 4.91. The molecule has 1 atom stereocenters. The fraction of sp³-hybridized carbons (Fsp3) is 0.250. The zero-order chi connectivity index (χ0) is 11.8. The molecule has 1 rings (SSSR count). The van der Waals surface area contributed by atoms with Crippen LogP contribution in [-0.4, -0.2) is 24.0 Å². The van der Waals surface area contributed by atoms with Crippen LogP contribution in [0.1, 0.15) is 6.42 Å². The number of carbonyl (C=O) groups is 1. The van der Waals surface area contributed by atoms with E-state index in [-0.39, 0.29) is 13.0 Å². The van der Waals surface area contributed by atoms with E-state index in [0.29, 0.717) is 5.75 Å². The van der Waals surface area contributed by atoms with E-state index in [9.17, 15) is 9.90 Å². The van der Waals surface area contributed by atoms with E-state index in [1.807, 2.05) is 30.3 Å². The molecule has 4 heteroatoms. The number of aliphatic hydroxyl groups is 1. The molecule has 0 aromatic heterocycles. The van der Waals surface area contributed by atoms with Crippen molar-refractivity contribution in [2.24, 2.45) is 0 Å². The quantitative estimate of drug-likeness (QED) is 0.450. The molecule has 86 valence electrons. The van der Waals surface area contributed by atoms with Crippen LogP contribution in [0.15, 0.2) is 43.0 Å². The van der Waals surface area contributed by atoms with E-state index in [4.69, 9.17) is 4.74 Å². The molecule has 4 nitrogen and oxygen atoms in total. The Kier molecular flexibility index (Phi) is 5.08. The molecule has 16 heavy (non-hydrogen) atoms. The van der Waals surface area contributed by atoms with E-state index in [1.54, 1.807) is 0 Å². The fourth-order valence-corrected chi connectivity index (χ4v) is 1.04. The Morgan fingerprint density at radius 1 is 1.44 bits per heavy atom. The maximum atomic E-state index is 10.7. The molecule has 1 aromatic carbocycles. The van der Waals surface area contributed by atoms with Crippen molar-refractivity contribution >= 4 is 5.97 Å². The first-order valence-corrected chi connectivity index (χ1v) is 4.91. The van der Waals surface area contributed by atoms with Gasteiger partial charge in [-0.3, -0.25) is 0 Å². The van der Waals surface area contributed by atoms with Crippen molar-refractivity contribution < 1.29 is 19.4 Å². The number of ether oxygens (including phenoxy) is 2. The van der Waals surface area contributed by atoms with Crippen LogP contribution in [0, 0.1) is 0 Å². The van der Waals surface area contributed by atoms with Gasteiger partial charge in [-0.05, 0) is 12.1 Å². The van der Waals surface area contributed by atoms with Gasteiger partial charge in [-0.2, -0.15) is 0 Å². The highest BCUT2D eigenvalue weighted by molar-refractivity contribution is 5.81. The van der Waals surface area contributed by atoms with Crippen LogP contribution in [0.3, 0.4) is 0 Å². The minimum absolute atomic E-state index is 0.217. The average Bonchev–Trinajstić information content (AvgIpc) is 2.30. The summed E-state index contributed by atoms with van der Waals surface area (Å²) in [7, 11) is 0. The van der Waals surface area contributed by atoms with Crippen LogP contribution in [0.2, 0.25) is 0 Å². The van der Waals surface area contributed by atoms with E-state index in [2.05, 4.69) is 11.3 Å². The van der Waals surface area contributed by atoms with E-state index in [0.717, 1.165) is 6.08 Å². The normalized spacial score (nSPS) is 11.6. The van der Waals surface area contributed by atoms with Crippen molar-refractivity contribution in [2.75, 3.05) is 6.61 Å². The second-order valence-corrected chi connectivity index (χ2v) is 3.05. The van der Waals surface area contributed by atoms with Crippen LogP contribution < -0.4 is 4.74 Å². The number of para-hydroxylation sites is 1. The Labute approximate surface area is 94.1 Å². The lowest BCUT2D eigenvalue weighted by molar-refractivity contribution is -0.163. The number of carbonyl (C=O) groups excluding carboxylic acids is 1. The number of esters is 1. The highest BCUT2D eigenvalue weighted by Gasteiger charge is 2.07. The van der Waals surface area contributed by atoms with Gasteiger partial charge in [0.1, 0.15) is 5.75 Å². The molecule has 0 spiro atoms. The van der Waals surface area contributed by atoms with Gasteiger partial charge >= 0.3 is 5.97 Å². The van der Waals surface area contributed by atoms with Gasteiger partial charge in [0, 0.05) is 12.5 Å². The molecule has 0 aliphatic rings. The molecular weight excluding hydrogens is 208 g/mol. The van der Waals surface area contributed by atoms with Crippen LogP contribution in [0.4, 0.5) is 0 Å². The predicted octanol–water partition coefficient (Wildman–Crippen LogP) is 1.50. The van der Waals surface area contributed by atoms with Crippen LogP contribution >= 0.6 is 0 Å². The molecule has 0 bridgehead atoms. The van der Waals surface area contributed by atoms with Crippen molar-refractivity contribution in [3.05, 3.63) is 43.0 Å². The monoisotopic (exact) mass is 222 g/mol. The Hall–Kier alpha value is -1.81. The van der Waals surface area contributed by atoms with Crippen molar-refractivity contribution in [1.29, 1.82) is 0 Å². The van der Waals surface area contributed by atoms with E-state index < -0.39 is 12.3 Å². The number of hydrogen-bond donors (Lipinski definition) is 1. The third-order valence-electron chi connectivity index (χ3n) is 1.80. The first kappa shape index (κ1) is 12.3. The summed E-state index contributed by atoms with van der Waals surface area (Å²) in [6.45, 7) is 3.50. The summed E-state index contributed by atoms with van der Waals surface area (Å²) in [5, 5.41) is 9.26. The molecule has 0 heterocycles. The number of rotatable bonds is 6. The Morgan fingerprint density at radius 3 is 2.75 bits per heavy atom. The Morgan fingerprint density at radius 2 is 2.12 bits per heavy atom. The first-order chi connectivity index (χ1) is 7.72. The summed E-state index contributed by atoms with van der Waals surface area (Å²) in [5.74, 6) is 0.0666. The van der Waals surface area contributed by atoms with Gasteiger partial charge in [0.25, 0.3) is 0 Å². The minimum Gasteiger partial charge on any atom is -0.493 e. The summed E-state index contributed by atoms with van der Waals surface area (Å²) in [6.07, 6.45) is 0.0599. The smallest absolute Gasteiger partial charge is 0.332 e. The van der Waals surface area contributed by atoms with Crippen molar-refractivity contribution in [3.8, 4) is 5.75 Å². The molecular formula is C12H14O4. The van der Waals surface area contributed by atoms with Crippen molar-refractivity contribution in [3.63, 3.8) is 0 Å². The van der Waals surface area contributed by atoms with Gasteiger partial charge in [-0.1, -0.05) is 24.8 Å². The summed E-state index contributed by atoms with van der Waals surface area (Å²) in [6, 6.07) is 9.20. The molecule has 0 fully saturated rings. The molecule has 1 unspecified atom stereocenters. The zero-order valence-electron chi connectivity index (χ0n) is 8.83. The molecule has 0 saturated carbocycles. The van der Waals surface area contributed by atoms with Crippen molar-refractivity contribution in [1.82, 2.24) is 0 Å². The summed E-state index contributed by atoms with van der Waals surface area (Å²) in [4.78, 5) is 10.7. The summed E-state index contributed by atoms with van der Waals surface area (Å²) < 4.78 is 9.87. The molecule has 0 aliphatic heterocycles. The van der Waals surface area contributed by atoms with E-state index >= 15 is 0 Å². The lowest BCUT2D eigenvalue weighted by atomic mass is 10.3. The largest absolute Gasteiger partial charge is 0.493 e. The topological polar surface area (TPSA) is 55.8 Å². The van der Waals surface area contributed by atoms with Crippen molar-refractivity contribution in [2.45, 2.75) is 12.7 Å². The van der Waals surface area contributed by atoms with Gasteiger partial charge in [-0.15, -0.1) is 0 Å². The zero-order valence-corrected chi connectivity index (χ0v) is 8.83.